The smallest absolute Gasteiger partial charge is 0.292 e. The van der Waals surface area contributed by atoms with E-state index in [2.05, 4.69) is 4.72 Å². The van der Waals surface area contributed by atoms with Crippen molar-refractivity contribution in [3.8, 4) is 0 Å². The quantitative estimate of drug-likeness (QED) is 0.438. The Labute approximate surface area is 160 Å². The topological polar surface area (TPSA) is 136 Å². The van der Waals surface area contributed by atoms with Gasteiger partial charge in [-0.1, -0.05) is 6.07 Å². The number of thiophene rings is 1. The lowest BCUT2D eigenvalue weighted by Gasteiger charge is -2.32. The highest BCUT2D eigenvalue weighted by molar-refractivity contribution is 7.91. The summed E-state index contributed by atoms with van der Waals surface area (Å²) in [5.74, 6) is -0.335. The van der Waals surface area contributed by atoms with E-state index in [0.717, 1.165) is 11.3 Å². The maximum absolute atomic E-state index is 12.6. The third-order valence-corrected chi connectivity index (χ3v) is 7.26. The highest BCUT2D eigenvalue weighted by Gasteiger charge is 2.28. The van der Waals surface area contributed by atoms with Gasteiger partial charge in [-0.25, -0.2) is 13.1 Å². The lowest BCUT2D eigenvalue weighted by atomic mass is 10.0. The lowest BCUT2D eigenvalue weighted by Crippen LogP contribution is -2.46. The van der Waals surface area contributed by atoms with Gasteiger partial charge in [-0.2, -0.15) is 0 Å². The van der Waals surface area contributed by atoms with Crippen LogP contribution >= 0.6 is 11.3 Å². The SMILES string of the molecule is Nc1ccc(C(=O)N2CCC(NS(=O)(=O)c3cccs3)CC2)cc1[N+](=O)[O-]. The first kappa shape index (κ1) is 19.3. The lowest BCUT2D eigenvalue weighted by molar-refractivity contribution is -0.383. The van der Waals surface area contributed by atoms with E-state index in [0.29, 0.717) is 25.9 Å². The number of nitrogens with two attached hydrogens (primary N) is 1. The van der Waals surface area contributed by atoms with Crippen LogP contribution in [0.25, 0.3) is 0 Å². The number of sulfonamides is 1. The van der Waals surface area contributed by atoms with Crippen LogP contribution in [0.5, 0.6) is 0 Å². The van der Waals surface area contributed by atoms with Crippen molar-refractivity contribution in [2.45, 2.75) is 23.1 Å². The van der Waals surface area contributed by atoms with Crippen LogP contribution in [0.3, 0.4) is 0 Å². The van der Waals surface area contributed by atoms with Gasteiger partial charge >= 0.3 is 0 Å². The van der Waals surface area contributed by atoms with Gasteiger partial charge in [0.25, 0.3) is 11.6 Å². The predicted octanol–water partition coefficient (Wildman–Crippen LogP) is 1.82. The third-order valence-electron chi connectivity index (χ3n) is 4.34. The Balaban J connectivity index is 1.63. The van der Waals surface area contributed by atoms with Crippen LogP contribution in [0.2, 0.25) is 0 Å². The minimum atomic E-state index is -3.55. The summed E-state index contributed by atoms with van der Waals surface area (Å²) < 4.78 is 27.5. The molecule has 9 nitrogen and oxygen atoms in total. The molecular formula is C16H18N4O5S2. The van der Waals surface area contributed by atoms with Crippen molar-refractivity contribution in [1.29, 1.82) is 0 Å². The molecule has 1 fully saturated rings. The second-order valence-electron chi connectivity index (χ2n) is 6.15. The molecule has 1 aliphatic heterocycles. The highest BCUT2D eigenvalue weighted by atomic mass is 32.2. The normalized spacial score (nSPS) is 15.6. The highest BCUT2D eigenvalue weighted by Crippen LogP contribution is 2.24. The number of benzene rings is 1. The summed E-state index contributed by atoms with van der Waals surface area (Å²) in [6.45, 7) is 0.712. The molecule has 1 aromatic carbocycles. The Morgan fingerprint density at radius 1 is 1.30 bits per heavy atom. The summed E-state index contributed by atoms with van der Waals surface area (Å²) >= 11 is 1.15. The van der Waals surface area contributed by atoms with Gasteiger partial charge in [-0.05, 0) is 36.4 Å². The molecule has 0 unspecified atom stereocenters. The van der Waals surface area contributed by atoms with Gasteiger partial charge in [0.05, 0.1) is 4.92 Å². The van der Waals surface area contributed by atoms with E-state index in [-0.39, 0.29) is 33.1 Å². The molecule has 0 atom stereocenters. The molecule has 144 valence electrons. The molecule has 0 aliphatic carbocycles. The van der Waals surface area contributed by atoms with Crippen LogP contribution in [0.15, 0.2) is 39.9 Å². The standard InChI is InChI=1S/C16H18N4O5S2/c17-13-4-3-11(10-14(13)20(22)23)16(21)19-7-5-12(6-8-19)18-27(24,25)15-2-1-9-26-15/h1-4,9-10,12,18H,5-8,17H2. The number of piperidine rings is 1. The second-order valence-corrected chi connectivity index (χ2v) is 9.04. The molecule has 2 aromatic rings. The average Bonchev–Trinajstić information content (AvgIpc) is 3.17. The van der Waals surface area contributed by atoms with Crippen LogP contribution in [0.4, 0.5) is 11.4 Å². The molecule has 0 saturated carbocycles. The Morgan fingerprint density at radius 3 is 2.59 bits per heavy atom. The van der Waals surface area contributed by atoms with Gasteiger partial charge in [0, 0.05) is 30.8 Å². The molecule has 11 heteroatoms. The van der Waals surface area contributed by atoms with E-state index in [4.69, 9.17) is 5.73 Å². The van der Waals surface area contributed by atoms with Crippen molar-refractivity contribution < 1.29 is 18.1 Å². The number of amides is 1. The van der Waals surface area contributed by atoms with E-state index in [1.165, 1.54) is 18.2 Å². The molecular weight excluding hydrogens is 392 g/mol. The first-order valence-electron chi connectivity index (χ1n) is 8.17. The van der Waals surface area contributed by atoms with Crippen molar-refractivity contribution in [2.24, 2.45) is 0 Å². The van der Waals surface area contributed by atoms with Gasteiger partial charge in [-0.15, -0.1) is 11.3 Å². The molecule has 0 bridgehead atoms. The number of nitrogens with one attached hydrogen (secondary N) is 1. The van der Waals surface area contributed by atoms with Crippen LogP contribution in [0, 0.1) is 10.1 Å². The molecule has 2 heterocycles. The summed E-state index contributed by atoms with van der Waals surface area (Å²) in [4.78, 5) is 24.5. The number of hydrogen-bond donors (Lipinski definition) is 2. The number of hydrogen-bond acceptors (Lipinski definition) is 7. The molecule has 0 radical (unpaired) electrons. The number of rotatable bonds is 5. The molecule has 1 saturated heterocycles. The van der Waals surface area contributed by atoms with Crippen molar-refractivity contribution in [1.82, 2.24) is 9.62 Å². The number of nitrogens with zero attached hydrogens (tertiary/aromatic N) is 2. The summed E-state index contributed by atoms with van der Waals surface area (Å²) in [5.41, 5.74) is 5.44. The number of anilines is 1. The molecule has 27 heavy (non-hydrogen) atoms. The summed E-state index contributed by atoms with van der Waals surface area (Å²) in [5, 5.41) is 12.7. The number of nitro groups is 1. The van der Waals surface area contributed by atoms with Crippen molar-refractivity contribution in [3.63, 3.8) is 0 Å². The van der Waals surface area contributed by atoms with Gasteiger partial charge < -0.3 is 10.6 Å². The van der Waals surface area contributed by atoms with Crippen LogP contribution in [-0.4, -0.2) is 43.3 Å². The van der Waals surface area contributed by atoms with Crippen molar-refractivity contribution in [2.75, 3.05) is 18.8 Å². The Morgan fingerprint density at radius 2 is 2.00 bits per heavy atom. The van der Waals surface area contributed by atoms with E-state index in [1.54, 1.807) is 22.4 Å². The molecule has 1 amide bonds. The van der Waals surface area contributed by atoms with Gasteiger partial charge in [0.15, 0.2) is 0 Å². The molecule has 3 rings (SSSR count). The Hall–Kier alpha value is -2.50. The van der Waals surface area contributed by atoms with E-state index >= 15 is 0 Å². The van der Waals surface area contributed by atoms with Gasteiger partial charge in [0.1, 0.15) is 9.90 Å². The largest absolute Gasteiger partial charge is 0.393 e. The van der Waals surface area contributed by atoms with E-state index in [9.17, 15) is 23.3 Å². The van der Waals surface area contributed by atoms with Crippen LogP contribution < -0.4 is 10.5 Å². The summed E-state index contributed by atoms with van der Waals surface area (Å²) in [6, 6.07) is 6.92. The zero-order valence-corrected chi connectivity index (χ0v) is 15.8. The molecule has 0 spiro atoms. The zero-order valence-electron chi connectivity index (χ0n) is 14.2. The number of nitrogen functional groups attached to an aromatic ring is 1. The van der Waals surface area contributed by atoms with E-state index < -0.39 is 14.9 Å². The third kappa shape index (κ3) is 4.26. The fourth-order valence-corrected chi connectivity index (χ4v) is 5.23. The minimum absolute atomic E-state index is 0.00163. The Bertz CT molecular complexity index is 951. The van der Waals surface area contributed by atoms with Crippen molar-refractivity contribution in [3.05, 3.63) is 51.4 Å². The number of carbonyl (C=O) groups excluding carboxylic acids is 1. The number of nitro benzene ring substituents is 1. The van der Waals surface area contributed by atoms with Gasteiger partial charge in [-0.3, -0.25) is 14.9 Å². The second kappa shape index (κ2) is 7.62. The summed E-state index contributed by atoms with van der Waals surface area (Å²) in [6.07, 6.45) is 0.931. The Kier molecular flexibility index (Phi) is 5.44. The molecule has 1 aromatic heterocycles. The van der Waals surface area contributed by atoms with Gasteiger partial charge in [0.2, 0.25) is 10.0 Å². The zero-order chi connectivity index (χ0) is 19.6. The fourth-order valence-electron chi connectivity index (χ4n) is 2.91. The minimum Gasteiger partial charge on any atom is -0.393 e. The number of likely N-dealkylation sites (tertiary alicyclic amines) is 1. The predicted molar refractivity (Wildman–Crippen MR) is 101 cm³/mol. The van der Waals surface area contributed by atoms with Crippen molar-refractivity contribution >= 4 is 38.6 Å². The monoisotopic (exact) mass is 410 g/mol. The molecule has 3 N–H and O–H groups in total. The first-order chi connectivity index (χ1) is 12.8. The number of carbonyl (C=O) groups is 1. The average molecular weight is 410 g/mol. The molecule has 1 aliphatic rings. The first-order valence-corrected chi connectivity index (χ1v) is 10.5. The maximum atomic E-state index is 12.6. The van der Waals surface area contributed by atoms with E-state index in [1.807, 2.05) is 0 Å². The van der Waals surface area contributed by atoms with Crippen LogP contribution in [-0.2, 0) is 10.0 Å². The van der Waals surface area contributed by atoms with Crippen LogP contribution in [0.1, 0.15) is 23.2 Å². The fraction of sp³-hybridized carbons (Fsp3) is 0.312. The maximum Gasteiger partial charge on any atom is 0.292 e. The summed E-state index contributed by atoms with van der Waals surface area (Å²) in [7, 11) is -3.55.